The molecule has 4 nitrogen and oxygen atoms in total. The molecule has 102 valence electrons. The zero-order chi connectivity index (χ0) is 14.0. The highest BCUT2D eigenvalue weighted by Gasteiger charge is 2.19. The highest BCUT2D eigenvalue weighted by Crippen LogP contribution is 2.26. The van der Waals surface area contributed by atoms with Crippen LogP contribution in [-0.4, -0.2) is 9.78 Å². The summed E-state index contributed by atoms with van der Waals surface area (Å²) in [5.41, 5.74) is 4.94. The van der Waals surface area contributed by atoms with E-state index >= 15 is 0 Å². The molecular formula is C13H16ClFN4. The lowest BCUT2D eigenvalue weighted by Crippen LogP contribution is -2.30. The van der Waals surface area contributed by atoms with Crippen molar-refractivity contribution in [3.8, 4) is 0 Å². The summed E-state index contributed by atoms with van der Waals surface area (Å²) in [5.74, 6) is 5.25. The molecule has 2 rings (SSSR count). The van der Waals surface area contributed by atoms with Gasteiger partial charge in [0.05, 0.1) is 11.7 Å². The van der Waals surface area contributed by atoms with E-state index in [2.05, 4.69) is 10.5 Å². The third-order valence-corrected chi connectivity index (χ3v) is 3.45. The first-order valence-corrected chi connectivity index (χ1v) is 6.30. The molecule has 1 unspecified atom stereocenters. The molecule has 0 fully saturated rings. The second kappa shape index (κ2) is 5.69. The van der Waals surface area contributed by atoms with Crippen molar-refractivity contribution in [2.75, 3.05) is 0 Å². The summed E-state index contributed by atoms with van der Waals surface area (Å²) in [4.78, 5) is 0. The summed E-state index contributed by atoms with van der Waals surface area (Å²) in [7, 11) is 1.83. The van der Waals surface area contributed by atoms with E-state index in [4.69, 9.17) is 17.4 Å². The Morgan fingerprint density at radius 1 is 1.53 bits per heavy atom. The van der Waals surface area contributed by atoms with Crippen molar-refractivity contribution < 1.29 is 4.39 Å². The van der Waals surface area contributed by atoms with Gasteiger partial charge in [0, 0.05) is 29.4 Å². The molecule has 0 amide bonds. The second-order valence-electron chi connectivity index (χ2n) is 4.47. The van der Waals surface area contributed by atoms with E-state index in [1.807, 2.05) is 20.2 Å². The monoisotopic (exact) mass is 282 g/mol. The van der Waals surface area contributed by atoms with E-state index in [0.717, 1.165) is 11.3 Å². The highest BCUT2D eigenvalue weighted by atomic mass is 35.5. The largest absolute Gasteiger partial charge is 0.275 e. The van der Waals surface area contributed by atoms with E-state index in [-0.39, 0.29) is 11.9 Å². The molecule has 0 aliphatic heterocycles. The minimum absolute atomic E-state index is 0.233. The molecule has 0 aliphatic rings. The van der Waals surface area contributed by atoms with Crippen LogP contribution in [0, 0.1) is 12.7 Å². The topological polar surface area (TPSA) is 55.9 Å². The van der Waals surface area contributed by atoms with Crippen LogP contribution in [0.1, 0.15) is 22.9 Å². The van der Waals surface area contributed by atoms with Gasteiger partial charge in [0.1, 0.15) is 5.82 Å². The van der Waals surface area contributed by atoms with Gasteiger partial charge < -0.3 is 0 Å². The Kier molecular flexibility index (Phi) is 4.19. The first-order valence-electron chi connectivity index (χ1n) is 5.92. The molecule has 2 aromatic rings. The maximum Gasteiger partial charge on any atom is 0.127 e. The third-order valence-electron chi connectivity index (χ3n) is 3.10. The molecule has 6 heteroatoms. The van der Waals surface area contributed by atoms with E-state index in [0.29, 0.717) is 17.0 Å². The van der Waals surface area contributed by atoms with E-state index in [9.17, 15) is 4.39 Å². The van der Waals surface area contributed by atoms with Gasteiger partial charge in [0.25, 0.3) is 0 Å². The highest BCUT2D eigenvalue weighted by molar-refractivity contribution is 6.31. The predicted octanol–water partition coefficient (Wildman–Crippen LogP) is 2.27. The van der Waals surface area contributed by atoms with Gasteiger partial charge in [0.2, 0.25) is 0 Å². The van der Waals surface area contributed by atoms with Gasteiger partial charge >= 0.3 is 0 Å². The fraction of sp³-hybridized carbons (Fsp3) is 0.308. The summed E-state index contributed by atoms with van der Waals surface area (Å²) in [5, 5.41) is 4.67. The lowest BCUT2D eigenvalue weighted by molar-refractivity contribution is 0.527. The number of hydrogen-bond donors (Lipinski definition) is 2. The third kappa shape index (κ3) is 2.94. The Morgan fingerprint density at radius 3 is 2.79 bits per heavy atom. The first-order chi connectivity index (χ1) is 9.02. The Labute approximate surface area is 116 Å². The Hall–Kier alpha value is -1.43. The van der Waals surface area contributed by atoms with Crippen LogP contribution in [-0.2, 0) is 13.5 Å². The zero-order valence-electron chi connectivity index (χ0n) is 10.8. The Balaban J connectivity index is 2.32. The van der Waals surface area contributed by atoms with Crippen LogP contribution in [0.15, 0.2) is 24.4 Å². The van der Waals surface area contributed by atoms with Gasteiger partial charge in [0.15, 0.2) is 0 Å². The Morgan fingerprint density at radius 2 is 2.26 bits per heavy atom. The number of rotatable bonds is 4. The predicted molar refractivity (Wildman–Crippen MR) is 73.1 cm³/mol. The van der Waals surface area contributed by atoms with Gasteiger partial charge in [-0.15, -0.1) is 0 Å². The number of benzene rings is 1. The molecule has 19 heavy (non-hydrogen) atoms. The van der Waals surface area contributed by atoms with Crippen LogP contribution in [0.25, 0.3) is 0 Å². The van der Waals surface area contributed by atoms with Gasteiger partial charge in [-0.1, -0.05) is 17.7 Å². The number of nitrogens with zero attached hydrogens (tertiary/aromatic N) is 2. The number of nitrogens with two attached hydrogens (primary N) is 1. The maximum atomic E-state index is 13.8. The number of nitrogens with one attached hydrogen (secondary N) is 1. The smallest absolute Gasteiger partial charge is 0.127 e. The lowest BCUT2D eigenvalue weighted by atomic mass is 9.99. The second-order valence-corrected chi connectivity index (χ2v) is 4.87. The van der Waals surface area contributed by atoms with Gasteiger partial charge in [-0.3, -0.25) is 16.0 Å². The van der Waals surface area contributed by atoms with Crippen molar-refractivity contribution >= 4 is 11.6 Å². The van der Waals surface area contributed by atoms with Crippen LogP contribution < -0.4 is 11.3 Å². The quantitative estimate of drug-likeness (QED) is 0.668. The summed E-state index contributed by atoms with van der Waals surface area (Å²) in [6, 6.07) is 4.42. The average molecular weight is 283 g/mol. The standard InChI is InChI=1S/C13H16ClFN4/c1-8-10(7-19(2)18-8)13(17-16)6-9-11(14)4-3-5-12(9)15/h3-5,7,13,17H,6,16H2,1-2H3. The Bertz CT molecular complexity index is 562. The lowest BCUT2D eigenvalue weighted by Gasteiger charge is -2.16. The zero-order valence-corrected chi connectivity index (χ0v) is 11.6. The van der Waals surface area contributed by atoms with Crippen molar-refractivity contribution in [1.29, 1.82) is 0 Å². The number of hydrazine groups is 1. The normalized spacial score (nSPS) is 12.7. The van der Waals surface area contributed by atoms with Crippen LogP contribution >= 0.6 is 11.6 Å². The van der Waals surface area contributed by atoms with Crippen LogP contribution in [0.3, 0.4) is 0 Å². The molecule has 0 spiro atoms. The van der Waals surface area contributed by atoms with E-state index in [1.165, 1.54) is 6.07 Å². The molecule has 0 saturated carbocycles. The molecule has 0 radical (unpaired) electrons. The maximum absolute atomic E-state index is 13.8. The van der Waals surface area contributed by atoms with Crippen molar-refractivity contribution in [2.24, 2.45) is 12.9 Å². The van der Waals surface area contributed by atoms with E-state index in [1.54, 1.807) is 16.8 Å². The number of aryl methyl sites for hydroxylation is 2. The molecule has 1 aromatic heterocycles. The number of aromatic nitrogens is 2. The summed E-state index contributed by atoms with van der Waals surface area (Å²) in [6.45, 7) is 1.89. The minimum Gasteiger partial charge on any atom is -0.275 e. The molecule has 0 saturated heterocycles. The molecule has 0 bridgehead atoms. The molecular weight excluding hydrogens is 267 g/mol. The van der Waals surface area contributed by atoms with Gasteiger partial charge in [-0.2, -0.15) is 5.10 Å². The first kappa shape index (κ1) is 14.0. The number of halogens is 2. The molecule has 1 aromatic carbocycles. The van der Waals surface area contributed by atoms with Crippen molar-refractivity contribution in [3.05, 3.63) is 52.1 Å². The fourth-order valence-electron chi connectivity index (χ4n) is 2.15. The summed E-state index contributed by atoms with van der Waals surface area (Å²) >= 11 is 6.03. The van der Waals surface area contributed by atoms with Crippen molar-refractivity contribution in [2.45, 2.75) is 19.4 Å². The van der Waals surface area contributed by atoms with Gasteiger partial charge in [-0.05, 0) is 25.5 Å². The SMILES string of the molecule is Cc1nn(C)cc1C(Cc1c(F)cccc1Cl)NN. The van der Waals surface area contributed by atoms with Crippen LogP contribution in [0.2, 0.25) is 5.02 Å². The van der Waals surface area contributed by atoms with E-state index < -0.39 is 0 Å². The summed E-state index contributed by atoms with van der Waals surface area (Å²) < 4.78 is 15.5. The molecule has 1 atom stereocenters. The van der Waals surface area contributed by atoms with Crippen LogP contribution in [0.5, 0.6) is 0 Å². The number of hydrogen-bond acceptors (Lipinski definition) is 3. The molecule has 1 heterocycles. The fourth-order valence-corrected chi connectivity index (χ4v) is 2.39. The van der Waals surface area contributed by atoms with Crippen molar-refractivity contribution in [1.82, 2.24) is 15.2 Å². The summed E-state index contributed by atoms with van der Waals surface area (Å²) in [6.07, 6.45) is 2.24. The minimum atomic E-state index is -0.325. The average Bonchev–Trinajstić information content (AvgIpc) is 2.68. The van der Waals surface area contributed by atoms with Gasteiger partial charge in [-0.25, -0.2) is 4.39 Å². The molecule has 3 N–H and O–H groups in total. The van der Waals surface area contributed by atoms with Crippen molar-refractivity contribution in [3.63, 3.8) is 0 Å². The molecule has 0 aliphatic carbocycles. The van der Waals surface area contributed by atoms with Crippen LogP contribution in [0.4, 0.5) is 4.39 Å².